The van der Waals surface area contributed by atoms with Crippen molar-refractivity contribution in [3.05, 3.63) is 49.1 Å². The Balaban J connectivity index is 2.98. The molecule has 0 saturated carbocycles. The highest BCUT2D eigenvalue weighted by Gasteiger charge is 2.25. The van der Waals surface area contributed by atoms with Crippen molar-refractivity contribution < 1.29 is 19.5 Å². The van der Waals surface area contributed by atoms with Gasteiger partial charge in [0.2, 0.25) is 5.82 Å². The molecular formula is C10H10ClFN4O4. The van der Waals surface area contributed by atoms with Gasteiger partial charge in [0.25, 0.3) is 0 Å². The molecule has 0 fully saturated rings. The molecule has 0 aliphatic carbocycles. The molecule has 0 amide bonds. The van der Waals surface area contributed by atoms with Crippen LogP contribution in [0.2, 0.25) is 5.02 Å². The van der Waals surface area contributed by atoms with E-state index in [1.807, 2.05) is 0 Å². The number of azide groups is 1. The van der Waals surface area contributed by atoms with Crippen molar-refractivity contribution in [2.24, 2.45) is 5.11 Å². The fraction of sp³-hybridized carbons (Fsp3) is 0.400. The van der Waals surface area contributed by atoms with E-state index in [-0.39, 0.29) is 23.6 Å². The summed E-state index contributed by atoms with van der Waals surface area (Å²) in [5.41, 5.74) is 7.08. The molecule has 0 bridgehead atoms. The lowest BCUT2D eigenvalue weighted by Crippen LogP contribution is -2.19. The highest BCUT2D eigenvalue weighted by atomic mass is 35.5. The number of nitro benzene ring substituents is 1. The molecule has 0 saturated heterocycles. The Hall–Kier alpha value is -1.93. The molecule has 0 radical (unpaired) electrons. The number of hydrogen-bond donors (Lipinski definition) is 2. The molecule has 1 rings (SSSR count). The lowest BCUT2D eigenvalue weighted by atomic mass is 10.0. The Morgan fingerprint density at radius 2 is 2.20 bits per heavy atom. The fourth-order valence-corrected chi connectivity index (χ4v) is 1.79. The van der Waals surface area contributed by atoms with E-state index < -0.39 is 28.6 Å². The third-order valence-corrected chi connectivity index (χ3v) is 2.86. The quantitative estimate of drug-likeness (QED) is 0.274. The molecule has 10 heteroatoms. The van der Waals surface area contributed by atoms with Gasteiger partial charge in [0.1, 0.15) is 6.10 Å². The zero-order valence-electron chi connectivity index (χ0n) is 9.98. The van der Waals surface area contributed by atoms with Crippen LogP contribution in [0.3, 0.4) is 0 Å². The number of nitro groups is 1. The normalized spacial score (nSPS) is 13.4. The van der Waals surface area contributed by atoms with Crippen LogP contribution in [-0.2, 0) is 0 Å². The van der Waals surface area contributed by atoms with E-state index in [9.17, 15) is 24.7 Å². The van der Waals surface area contributed by atoms with Crippen molar-refractivity contribution in [2.75, 3.05) is 6.54 Å². The Morgan fingerprint density at radius 3 is 2.75 bits per heavy atom. The molecular weight excluding hydrogens is 295 g/mol. The number of benzene rings is 1. The predicted octanol–water partition coefficient (Wildman–Crippen LogP) is 2.48. The monoisotopic (exact) mass is 304 g/mol. The van der Waals surface area contributed by atoms with Gasteiger partial charge in [0.15, 0.2) is 0 Å². The standard InChI is InChI=1S/C10H10ClFN4O4/c11-6-4-8(16(19)20)7(12)3-5(6)10(18)9(17)1-2-14-15-13/h3-4,9-10,17-18H,1-2H2. The largest absolute Gasteiger partial charge is 0.390 e. The van der Waals surface area contributed by atoms with E-state index in [1.54, 1.807) is 0 Å². The fourth-order valence-electron chi connectivity index (χ4n) is 1.52. The van der Waals surface area contributed by atoms with Crippen LogP contribution >= 0.6 is 11.6 Å². The molecule has 2 unspecified atom stereocenters. The molecule has 0 aliphatic rings. The van der Waals surface area contributed by atoms with Crippen LogP contribution in [0.5, 0.6) is 0 Å². The zero-order chi connectivity index (χ0) is 15.3. The zero-order valence-corrected chi connectivity index (χ0v) is 10.7. The Bertz CT molecular complexity index is 564. The Morgan fingerprint density at radius 1 is 1.55 bits per heavy atom. The van der Waals surface area contributed by atoms with Crippen molar-refractivity contribution in [1.29, 1.82) is 0 Å². The number of rotatable bonds is 6. The van der Waals surface area contributed by atoms with Gasteiger partial charge in [-0.15, -0.1) is 0 Å². The number of aliphatic hydroxyl groups excluding tert-OH is 2. The first kappa shape index (κ1) is 16.1. The Labute approximate surface area is 117 Å². The molecule has 1 aromatic rings. The predicted molar refractivity (Wildman–Crippen MR) is 67.7 cm³/mol. The summed E-state index contributed by atoms with van der Waals surface area (Å²) in [5.74, 6) is -1.17. The van der Waals surface area contributed by atoms with E-state index in [0.29, 0.717) is 6.07 Å². The minimum atomic E-state index is -1.55. The Kier molecular flexibility index (Phi) is 5.66. The van der Waals surface area contributed by atoms with Crippen LogP contribution < -0.4 is 0 Å². The topological polar surface area (TPSA) is 132 Å². The van der Waals surface area contributed by atoms with Gasteiger partial charge in [-0.2, -0.15) is 4.39 Å². The molecule has 0 spiro atoms. The van der Waals surface area contributed by atoms with Crippen molar-refractivity contribution in [3.8, 4) is 0 Å². The number of hydrogen-bond acceptors (Lipinski definition) is 5. The minimum Gasteiger partial charge on any atom is -0.390 e. The van der Waals surface area contributed by atoms with E-state index in [0.717, 1.165) is 6.07 Å². The molecule has 108 valence electrons. The summed E-state index contributed by atoms with van der Waals surface area (Å²) in [5, 5.41) is 32.9. The van der Waals surface area contributed by atoms with E-state index >= 15 is 0 Å². The highest BCUT2D eigenvalue weighted by molar-refractivity contribution is 6.31. The van der Waals surface area contributed by atoms with Crippen molar-refractivity contribution in [2.45, 2.75) is 18.6 Å². The molecule has 1 aromatic carbocycles. The summed E-state index contributed by atoms with van der Waals surface area (Å²) >= 11 is 5.72. The van der Waals surface area contributed by atoms with E-state index in [4.69, 9.17) is 17.1 Å². The summed E-state index contributed by atoms with van der Waals surface area (Å²) < 4.78 is 13.5. The number of aliphatic hydroxyl groups is 2. The first-order valence-corrected chi connectivity index (χ1v) is 5.76. The van der Waals surface area contributed by atoms with Crippen molar-refractivity contribution in [3.63, 3.8) is 0 Å². The molecule has 0 heterocycles. The van der Waals surface area contributed by atoms with Gasteiger partial charge in [-0.25, -0.2) is 0 Å². The van der Waals surface area contributed by atoms with Gasteiger partial charge in [-0.05, 0) is 18.0 Å². The summed E-state index contributed by atoms with van der Waals surface area (Å²) in [6, 6.07) is 1.46. The molecule has 2 N–H and O–H groups in total. The average molecular weight is 305 g/mol. The highest BCUT2D eigenvalue weighted by Crippen LogP contribution is 2.31. The van der Waals surface area contributed by atoms with E-state index in [2.05, 4.69) is 10.0 Å². The molecule has 20 heavy (non-hydrogen) atoms. The van der Waals surface area contributed by atoms with Crippen LogP contribution in [0, 0.1) is 15.9 Å². The summed E-state index contributed by atoms with van der Waals surface area (Å²) in [4.78, 5) is 12.0. The maximum atomic E-state index is 13.5. The minimum absolute atomic E-state index is 0.0676. The maximum absolute atomic E-state index is 13.5. The second kappa shape index (κ2) is 7.01. The molecule has 8 nitrogen and oxygen atoms in total. The number of halogens is 2. The van der Waals surface area contributed by atoms with E-state index in [1.165, 1.54) is 0 Å². The second-order valence-electron chi connectivity index (χ2n) is 3.84. The van der Waals surface area contributed by atoms with Crippen LogP contribution in [0.25, 0.3) is 10.4 Å². The third kappa shape index (κ3) is 3.78. The first-order chi connectivity index (χ1) is 9.38. The molecule has 0 aromatic heterocycles. The van der Waals surface area contributed by atoms with Gasteiger partial charge in [0, 0.05) is 23.1 Å². The van der Waals surface area contributed by atoms with Crippen LogP contribution in [-0.4, -0.2) is 27.8 Å². The van der Waals surface area contributed by atoms with Crippen LogP contribution in [0.15, 0.2) is 17.2 Å². The van der Waals surface area contributed by atoms with Crippen LogP contribution in [0.1, 0.15) is 18.1 Å². The summed E-state index contributed by atoms with van der Waals surface area (Å²) in [6.07, 6.45) is -2.97. The van der Waals surface area contributed by atoms with Gasteiger partial charge < -0.3 is 10.2 Å². The smallest absolute Gasteiger partial charge is 0.306 e. The van der Waals surface area contributed by atoms with Crippen molar-refractivity contribution in [1.82, 2.24) is 0 Å². The third-order valence-electron chi connectivity index (χ3n) is 2.53. The van der Waals surface area contributed by atoms with Crippen molar-refractivity contribution >= 4 is 17.3 Å². The van der Waals surface area contributed by atoms with Gasteiger partial charge in [0.05, 0.1) is 16.0 Å². The lowest BCUT2D eigenvalue weighted by molar-refractivity contribution is -0.387. The average Bonchev–Trinajstić information content (AvgIpc) is 2.40. The summed E-state index contributed by atoms with van der Waals surface area (Å²) in [6.45, 7) is -0.0676. The lowest BCUT2D eigenvalue weighted by Gasteiger charge is -2.18. The molecule has 0 aliphatic heterocycles. The van der Waals surface area contributed by atoms with Crippen LogP contribution in [0.4, 0.5) is 10.1 Å². The second-order valence-corrected chi connectivity index (χ2v) is 4.24. The SMILES string of the molecule is [N-]=[N+]=NCCC(O)C(O)c1cc(F)c([N+](=O)[O-])cc1Cl. The van der Waals surface area contributed by atoms with Gasteiger partial charge >= 0.3 is 5.69 Å². The maximum Gasteiger partial charge on any atom is 0.306 e. The first-order valence-electron chi connectivity index (χ1n) is 5.38. The summed E-state index contributed by atoms with van der Waals surface area (Å²) in [7, 11) is 0. The van der Waals surface area contributed by atoms with Gasteiger partial charge in [-0.1, -0.05) is 16.7 Å². The number of nitrogens with zero attached hydrogens (tertiary/aromatic N) is 4. The molecule has 2 atom stereocenters. The van der Waals surface area contributed by atoms with Gasteiger partial charge in [-0.3, -0.25) is 10.1 Å².